The van der Waals surface area contributed by atoms with Gasteiger partial charge < -0.3 is 5.73 Å². The number of anilines is 1. The number of aromatic nitrogens is 3. The third-order valence-corrected chi connectivity index (χ3v) is 4.10. The second kappa shape index (κ2) is 4.43. The number of fused-ring (bicyclic) bond motifs is 1. The fourth-order valence-corrected chi connectivity index (χ4v) is 2.99. The first-order valence-corrected chi connectivity index (χ1v) is 6.91. The number of nitrogens with two attached hydrogens (primary N) is 1. The third-order valence-electron chi connectivity index (χ3n) is 2.79. The van der Waals surface area contributed by atoms with Gasteiger partial charge in [-0.05, 0) is 32.0 Å². The second-order valence-corrected chi connectivity index (χ2v) is 5.88. The van der Waals surface area contributed by atoms with Crippen molar-refractivity contribution in [3.8, 4) is 10.7 Å². The number of hydrogen-bond acceptors (Lipinski definition) is 5. The van der Waals surface area contributed by atoms with Crippen LogP contribution in [-0.2, 0) is 0 Å². The number of aryl methyl sites for hydroxylation is 2. The number of hydrogen-bond donors (Lipinski definition) is 1. The van der Waals surface area contributed by atoms with Gasteiger partial charge in [0.05, 0.1) is 21.1 Å². The number of benzene rings is 1. The Morgan fingerprint density at radius 1 is 1.16 bits per heavy atom. The molecule has 96 valence electrons. The highest BCUT2D eigenvalue weighted by Crippen LogP contribution is 2.30. The maximum absolute atomic E-state index is 5.99. The number of rotatable bonds is 1. The molecule has 0 aliphatic heterocycles. The van der Waals surface area contributed by atoms with Crippen LogP contribution in [0.2, 0.25) is 5.02 Å². The van der Waals surface area contributed by atoms with Crippen molar-refractivity contribution in [2.45, 2.75) is 13.8 Å². The average molecular weight is 291 g/mol. The highest BCUT2D eigenvalue weighted by molar-refractivity contribution is 7.15. The van der Waals surface area contributed by atoms with Crippen LogP contribution in [0.4, 0.5) is 5.82 Å². The van der Waals surface area contributed by atoms with Gasteiger partial charge in [0.25, 0.3) is 0 Å². The third kappa shape index (κ3) is 2.15. The van der Waals surface area contributed by atoms with Gasteiger partial charge in [0.15, 0.2) is 5.82 Å². The lowest BCUT2D eigenvalue weighted by Gasteiger charge is -2.04. The molecule has 0 radical (unpaired) electrons. The lowest BCUT2D eigenvalue weighted by Crippen LogP contribution is -1.97. The molecule has 0 unspecified atom stereocenters. The molecule has 2 aromatic heterocycles. The van der Waals surface area contributed by atoms with E-state index in [2.05, 4.69) is 15.0 Å². The van der Waals surface area contributed by atoms with Gasteiger partial charge in [-0.15, -0.1) is 11.3 Å². The number of nitrogens with zero attached hydrogens (tertiary/aromatic N) is 3. The van der Waals surface area contributed by atoms with Crippen molar-refractivity contribution >= 4 is 39.7 Å². The maximum atomic E-state index is 5.99. The molecule has 1 aromatic carbocycles. The van der Waals surface area contributed by atoms with Gasteiger partial charge in [-0.2, -0.15) is 0 Å². The summed E-state index contributed by atoms with van der Waals surface area (Å²) in [6, 6.07) is 5.42. The van der Waals surface area contributed by atoms with Crippen molar-refractivity contribution in [3.63, 3.8) is 0 Å². The zero-order chi connectivity index (χ0) is 13.6. The minimum Gasteiger partial charge on any atom is -0.383 e. The van der Waals surface area contributed by atoms with Crippen molar-refractivity contribution < 1.29 is 0 Å². The molecule has 0 aliphatic rings. The van der Waals surface area contributed by atoms with Crippen LogP contribution in [0.3, 0.4) is 0 Å². The first-order valence-electron chi connectivity index (χ1n) is 5.72. The van der Waals surface area contributed by atoms with Crippen molar-refractivity contribution in [1.29, 1.82) is 0 Å². The van der Waals surface area contributed by atoms with E-state index in [4.69, 9.17) is 17.3 Å². The van der Waals surface area contributed by atoms with Crippen LogP contribution in [0.1, 0.15) is 10.7 Å². The molecule has 0 spiro atoms. The molecule has 3 aromatic rings. The number of halogens is 1. The van der Waals surface area contributed by atoms with E-state index in [1.54, 1.807) is 23.5 Å². The smallest absolute Gasteiger partial charge is 0.174 e. The summed E-state index contributed by atoms with van der Waals surface area (Å²) in [6.07, 6.45) is 0. The van der Waals surface area contributed by atoms with Gasteiger partial charge in [-0.1, -0.05) is 11.6 Å². The van der Waals surface area contributed by atoms with Crippen molar-refractivity contribution in [2.75, 3.05) is 5.73 Å². The SMILES string of the molecule is Cc1nc(C)c(-c2nc(N)c3cc(Cl)ccc3n2)s1. The van der Waals surface area contributed by atoms with Crippen LogP contribution in [0.15, 0.2) is 18.2 Å². The summed E-state index contributed by atoms with van der Waals surface area (Å²) in [5.41, 5.74) is 7.71. The molecular formula is C13H11ClN4S. The quantitative estimate of drug-likeness (QED) is 0.743. The average Bonchev–Trinajstić information content (AvgIpc) is 2.69. The van der Waals surface area contributed by atoms with E-state index in [0.29, 0.717) is 16.7 Å². The Labute approximate surface area is 119 Å². The van der Waals surface area contributed by atoms with E-state index in [0.717, 1.165) is 26.5 Å². The normalized spacial score (nSPS) is 11.1. The van der Waals surface area contributed by atoms with Gasteiger partial charge in [-0.3, -0.25) is 0 Å². The minimum atomic E-state index is 0.438. The van der Waals surface area contributed by atoms with E-state index in [1.807, 2.05) is 19.9 Å². The van der Waals surface area contributed by atoms with Crippen LogP contribution < -0.4 is 5.73 Å². The van der Waals surface area contributed by atoms with Crippen LogP contribution >= 0.6 is 22.9 Å². The van der Waals surface area contributed by atoms with Crippen molar-refractivity contribution in [3.05, 3.63) is 33.9 Å². The maximum Gasteiger partial charge on any atom is 0.174 e. The zero-order valence-corrected chi connectivity index (χ0v) is 12.0. The Kier molecular flexibility index (Phi) is 2.88. The molecule has 0 bridgehead atoms. The molecule has 0 fully saturated rings. The van der Waals surface area contributed by atoms with Crippen LogP contribution in [0, 0.1) is 13.8 Å². The summed E-state index contributed by atoms with van der Waals surface area (Å²) in [5, 5.41) is 2.39. The van der Waals surface area contributed by atoms with E-state index in [-0.39, 0.29) is 0 Å². The minimum absolute atomic E-state index is 0.438. The largest absolute Gasteiger partial charge is 0.383 e. The Balaban J connectivity index is 2.26. The molecule has 6 heteroatoms. The summed E-state index contributed by atoms with van der Waals surface area (Å²) in [7, 11) is 0. The topological polar surface area (TPSA) is 64.7 Å². The highest BCUT2D eigenvalue weighted by Gasteiger charge is 2.13. The molecule has 3 rings (SSSR count). The van der Waals surface area contributed by atoms with Gasteiger partial charge in [-0.25, -0.2) is 15.0 Å². The molecule has 19 heavy (non-hydrogen) atoms. The molecule has 0 saturated carbocycles. The standard InChI is InChI=1S/C13H11ClN4S/c1-6-11(19-7(2)16-6)13-17-10-4-3-8(14)5-9(10)12(15)18-13/h3-5H,1-2H3,(H2,15,17,18). The molecule has 2 heterocycles. The van der Waals surface area contributed by atoms with E-state index < -0.39 is 0 Å². The van der Waals surface area contributed by atoms with Crippen LogP contribution in [-0.4, -0.2) is 15.0 Å². The molecule has 0 saturated heterocycles. The van der Waals surface area contributed by atoms with Crippen molar-refractivity contribution in [1.82, 2.24) is 15.0 Å². The summed E-state index contributed by atoms with van der Waals surface area (Å²) in [4.78, 5) is 14.3. The lowest BCUT2D eigenvalue weighted by molar-refractivity contribution is 1.18. The molecular weight excluding hydrogens is 280 g/mol. The highest BCUT2D eigenvalue weighted by atomic mass is 35.5. The van der Waals surface area contributed by atoms with Gasteiger partial charge in [0, 0.05) is 10.4 Å². The lowest BCUT2D eigenvalue weighted by atomic mass is 10.2. The predicted molar refractivity (Wildman–Crippen MR) is 79.5 cm³/mol. The Morgan fingerprint density at radius 2 is 1.95 bits per heavy atom. The van der Waals surface area contributed by atoms with Crippen LogP contribution in [0.25, 0.3) is 21.6 Å². The van der Waals surface area contributed by atoms with Gasteiger partial charge in [0.1, 0.15) is 5.82 Å². The summed E-state index contributed by atoms with van der Waals surface area (Å²) >= 11 is 7.53. The number of nitrogen functional groups attached to an aromatic ring is 1. The molecule has 0 amide bonds. The molecule has 0 atom stereocenters. The van der Waals surface area contributed by atoms with E-state index >= 15 is 0 Å². The van der Waals surface area contributed by atoms with Crippen molar-refractivity contribution in [2.24, 2.45) is 0 Å². The Hall–Kier alpha value is -1.72. The molecule has 4 nitrogen and oxygen atoms in total. The Bertz CT molecular complexity index is 782. The molecule has 2 N–H and O–H groups in total. The summed E-state index contributed by atoms with van der Waals surface area (Å²) in [6.45, 7) is 3.91. The first-order chi connectivity index (χ1) is 9.04. The second-order valence-electron chi connectivity index (χ2n) is 4.24. The van der Waals surface area contributed by atoms with Gasteiger partial charge >= 0.3 is 0 Å². The molecule has 0 aliphatic carbocycles. The fraction of sp³-hybridized carbons (Fsp3) is 0.154. The number of thiazole rings is 1. The van der Waals surface area contributed by atoms with Gasteiger partial charge in [0.2, 0.25) is 0 Å². The van der Waals surface area contributed by atoms with E-state index in [9.17, 15) is 0 Å². The summed E-state index contributed by atoms with van der Waals surface area (Å²) in [5.74, 6) is 1.06. The van der Waals surface area contributed by atoms with E-state index in [1.165, 1.54) is 0 Å². The monoisotopic (exact) mass is 290 g/mol. The zero-order valence-electron chi connectivity index (χ0n) is 10.4. The first kappa shape index (κ1) is 12.3. The Morgan fingerprint density at radius 3 is 2.63 bits per heavy atom. The summed E-state index contributed by atoms with van der Waals surface area (Å²) < 4.78 is 0. The van der Waals surface area contributed by atoms with Crippen LogP contribution in [0.5, 0.6) is 0 Å². The fourth-order valence-electron chi connectivity index (χ4n) is 1.96. The predicted octanol–water partition coefficient (Wildman–Crippen LogP) is 3.61.